The molecule has 2 saturated heterocycles. The van der Waals surface area contributed by atoms with E-state index in [-0.39, 0.29) is 49.4 Å². The number of hydrogen-bond donors (Lipinski definition) is 1. The van der Waals surface area contributed by atoms with Crippen molar-refractivity contribution in [1.29, 1.82) is 0 Å². The van der Waals surface area contributed by atoms with Crippen molar-refractivity contribution in [1.82, 2.24) is 9.80 Å². The summed E-state index contributed by atoms with van der Waals surface area (Å²) >= 11 is 0. The number of hydrogen-bond acceptors (Lipinski definition) is 4. The Hall–Kier alpha value is -4.08. The van der Waals surface area contributed by atoms with E-state index in [1.807, 2.05) is 78.9 Å². The number of fused-ring (bicyclic) bond motifs is 1. The van der Waals surface area contributed by atoms with E-state index in [4.69, 9.17) is 4.74 Å². The molecule has 0 aromatic heterocycles. The topological polar surface area (TPSA) is 70.1 Å². The van der Waals surface area contributed by atoms with Gasteiger partial charge in [-0.1, -0.05) is 60.4 Å². The number of aliphatic hydroxyl groups excluding tert-OH is 1. The molecule has 0 aliphatic carbocycles. The van der Waals surface area contributed by atoms with Crippen LogP contribution in [-0.4, -0.2) is 65.6 Å². The minimum absolute atomic E-state index is 0.0355. The number of methoxy groups -OCH3 is 1. The Morgan fingerprint density at radius 1 is 1.00 bits per heavy atom. The number of aliphatic hydroxyl groups is 1. The molecule has 2 heterocycles. The Morgan fingerprint density at radius 2 is 1.75 bits per heavy atom. The summed E-state index contributed by atoms with van der Waals surface area (Å²) in [5.41, 5.74) is 3.71. The third kappa shape index (κ3) is 4.71. The average Bonchev–Trinajstić information content (AvgIpc) is 2.90. The lowest BCUT2D eigenvalue weighted by Crippen LogP contribution is -2.73. The molecule has 2 aliphatic rings. The minimum Gasteiger partial charge on any atom is -0.497 e. The monoisotopic (exact) mass is 480 g/mol. The van der Waals surface area contributed by atoms with Crippen molar-refractivity contribution in [2.45, 2.75) is 24.4 Å². The SMILES string of the molecule is COc1cccc(C#Cc2ccc([C@@H]3[C@H]4CN(C(=O)Cc5ccccc5)CC(=O)N4[C@H]3CO)cc2)c1. The molecule has 0 radical (unpaired) electrons. The highest BCUT2D eigenvalue weighted by atomic mass is 16.5. The molecule has 3 aromatic carbocycles. The molecule has 0 bridgehead atoms. The molecule has 0 spiro atoms. The maximum Gasteiger partial charge on any atom is 0.242 e. The van der Waals surface area contributed by atoms with Gasteiger partial charge in [-0.2, -0.15) is 0 Å². The number of carbonyl (C=O) groups excluding carboxylic acids is 2. The third-order valence-electron chi connectivity index (χ3n) is 7.02. The number of piperazine rings is 1. The molecule has 0 saturated carbocycles. The molecule has 2 aliphatic heterocycles. The van der Waals surface area contributed by atoms with Gasteiger partial charge < -0.3 is 19.6 Å². The molecule has 5 rings (SSSR count). The fraction of sp³-hybridized carbons (Fsp3) is 0.267. The Labute approximate surface area is 211 Å². The van der Waals surface area contributed by atoms with Crippen LogP contribution < -0.4 is 4.74 Å². The second kappa shape index (κ2) is 10.3. The zero-order valence-electron chi connectivity index (χ0n) is 20.1. The molecular formula is C30H28N2O4. The van der Waals surface area contributed by atoms with E-state index in [0.29, 0.717) is 6.54 Å². The number of benzene rings is 3. The van der Waals surface area contributed by atoms with Crippen LogP contribution in [0.4, 0.5) is 0 Å². The van der Waals surface area contributed by atoms with Crippen LogP contribution in [0.1, 0.15) is 28.2 Å². The van der Waals surface area contributed by atoms with Gasteiger partial charge in [0.05, 0.1) is 38.8 Å². The lowest BCUT2D eigenvalue weighted by atomic mass is 9.73. The molecular weight excluding hydrogens is 452 g/mol. The fourth-order valence-corrected chi connectivity index (χ4v) is 5.21. The van der Waals surface area contributed by atoms with Crippen molar-refractivity contribution in [3.63, 3.8) is 0 Å². The van der Waals surface area contributed by atoms with E-state index >= 15 is 0 Å². The van der Waals surface area contributed by atoms with Crippen molar-refractivity contribution in [3.8, 4) is 17.6 Å². The number of ether oxygens (including phenoxy) is 1. The predicted octanol–water partition coefficient (Wildman–Crippen LogP) is 2.84. The highest BCUT2D eigenvalue weighted by Gasteiger charge is 2.54. The van der Waals surface area contributed by atoms with Gasteiger partial charge in [-0.3, -0.25) is 9.59 Å². The standard InChI is InChI=1S/C30H28N2O4/c1-36-25-9-5-8-23(16-25)11-10-21-12-14-24(15-13-21)30-26-18-31(19-29(35)32(26)27(30)20-33)28(34)17-22-6-3-2-4-7-22/h2-9,12-16,26-27,30,33H,17-20H2,1H3/t26-,27+,30-/m1/s1. The molecule has 3 atom stereocenters. The Kier molecular flexibility index (Phi) is 6.75. The Bertz CT molecular complexity index is 1310. The van der Waals surface area contributed by atoms with Crippen molar-refractivity contribution in [2.24, 2.45) is 0 Å². The fourth-order valence-electron chi connectivity index (χ4n) is 5.21. The molecule has 2 fully saturated rings. The molecule has 6 heteroatoms. The van der Waals surface area contributed by atoms with E-state index in [2.05, 4.69) is 11.8 Å². The van der Waals surface area contributed by atoms with Gasteiger partial charge >= 0.3 is 0 Å². The summed E-state index contributed by atoms with van der Waals surface area (Å²) < 4.78 is 5.25. The maximum absolute atomic E-state index is 12.9. The molecule has 3 aromatic rings. The Morgan fingerprint density at radius 3 is 2.47 bits per heavy atom. The van der Waals surface area contributed by atoms with E-state index in [0.717, 1.165) is 28.0 Å². The lowest BCUT2D eigenvalue weighted by molar-refractivity contribution is -0.166. The summed E-state index contributed by atoms with van der Waals surface area (Å²) in [5, 5.41) is 10.0. The molecule has 6 nitrogen and oxygen atoms in total. The van der Waals surface area contributed by atoms with Gasteiger partial charge in [-0.15, -0.1) is 0 Å². The van der Waals surface area contributed by atoms with Gasteiger partial charge in [0.25, 0.3) is 0 Å². The van der Waals surface area contributed by atoms with E-state index in [1.54, 1.807) is 16.9 Å². The first kappa shape index (κ1) is 23.7. The van der Waals surface area contributed by atoms with Gasteiger partial charge in [-0.25, -0.2) is 0 Å². The molecule has 36 heavy (non-hydrogen) atoms. The van der Waals surface area contributed by atoms with Gasteiger partial charge in [0.15, 0.2) is 0 Å². The zero-order valence-corrected chi connectivity index (χ0v) is 20.1. The molecule has 1 N–H and O–H groups in total. The van der Waals surface area contributed by atoms with Crippen LogP contribution in [0.2, 0.25) is 0 Å². The lowest BCUT2D eigenvalue weighted by Gasteiger charge is -2.58. The molecule has 182 valence electrons. The average molecular weight is 481 g/mol. The van der Waals surface area contributed by atoms with Crippen LogP contribution in [0.3, 0.4) is 0 Å². The number of nitrogens with zero attached hydrogens (tertiary/aromatic N) is 2. The van der Waals surface area contributed by atoms with Crippen LogP contribution in [0, 0.1) is 11.8 Å². The minimum atomic E-state index is -0.275. The summed E-state index contributed by atoms with van der Waals surface area (Å²) in [6.07, 6.45) is 0.273. The number of carbonyl (C=O) groups is 2. The molecule has 0 unspecified atom stereocenters. The Balaban J connectivity index is 1.30. The summed E-state index contributed by atoms with van der Waals surface area (Å²) in [4.78, 5) is 29.2. The van der Waals surface area contributed by atoms with Crippen LogP contribution in [-0.2, 0) is 16.0 Å². The first-order valence-corrected chi connectivity index (χ1v) is 12.1. The molecule has 2 amide bonds. The van der Waals surface area contributed by atoms with E-state index in [1.165, 1.54) is 0 Å². The van der Waals surface area contributed by atoms with Crippen molar-refractivity contribution < 1.29 is 19.4 Å². The highest BCUT2D eigenvalue weighted by Crippen LogP contribution is 2.43. The van der Waals surface area contributed by atoms with Gasteiger partial charge in [0.1, 0.15) is 5.75 Å². The van der Waals surface area contributed by atoms with Crippen LogP contribution in [0.5, 0.6) is 5.75 Å². The van der Waals surface area contributed by atoms with Crippen LogP contribution in [0.15, 0.2) is 78.9 Å². The van der Waals surface area contributed by atoms with Crippen LogP contribution >= 0.6 is 0 Å². The normalized spacial score (nSPS) is 20.6. The summed E-state index contributed by atoms with van der Waals surface area (Å²) in [7, 11) is 1.63. The summed E-state index contributed by atoms with van der Waals surface area (Å²) in [6.45, 7) is 0.419. The summed E-state index contributed by atoms with van der Waals surface area (Å²) in [6, 6.07) is 24.7. The maximum atomic E-state index is 12.9. The van der Waals surface area contributed by atoms with E-state index < -0.39 is 0 Å². The van der Waals surface area contributed by atoms with Gasteiger partial charge in [0.2, 0.25) is 11.8 Å². The van der Waals surface area contributed by atoms with E-state index in [9.17, 15) is 14.7 Å². The predicted molar refractivity (Wildman–Crippen MR) is 136 cm³/mol. The van der Waals surface area contributed by atoms with Gasteiger partial charge in [-0.05, 0) is 41.5 Å². The smallest absolute Gasteiger partial charge is 0.242 e. The first-order chi connectivity index (χ1) is 17.6. The number of amides is 2. The van der Waals surface area contributed by atoms with Crippen molar-refractivity contribution >= 4 is 11.8 Å². The highest BCUT2D eigenvalue weighted by molar-refractivity contribution is 5.88. The number of rotatable bonds is 5. The van der Waals surface area contributed by atoms with Crippen molar-refractivity contribution in [3.05, 3.63) is 101 Å². The summed E-state index contributed by atoms with van der Waals surface area (Å²) in [5.74, 6) is 6.90. The zero-order chi connectivity index (χ0) is 25.1. The second-order valence-corrected chi connectivity index (χ2v) is 9.18. The largest absolute Gasteiger partial charge is 0.497 e. The van der Waals surface area contributed by atoms with Gasteiger partial charge in [0, 0.05) is 23.6 Å². The quantitative estimate of drug-likeness (QED) is 0.571. The third-order valence-corrected chi connectivity index (χ3v) is 7.02. The van der Waals surface area contributed by atoms with Crippen molar-refractivity contribution in [2.75, 3.05) is 26.8 Å². The second-order valence-electron chi connectivity index (χ2n) is 9.18. The van der Waals surface area contributed by atoms with Crippen LogP contribution in [0.25, 0.3) is 0 Å². The first-order valence-electron chi connectivity index (χ1n) is 12.1.